The van der Waals surface area contributed by atoms with Crippen LogP contribution in [-0.2, 0) is 0 Å². The summed E-state index contributed by atoms with van der Waals surface area (Å²) in [5, 5.41) is 4.72. The Morgan fingerprint density at radius 3 is 2.71 bits per heavy atom. The van der Waals surface area contributed by atoms with Crippen molar-refractivity contribution >= 4 is 21.4 Å². The van der Waals surface area contributed by atoms with Gasteiger partial charge in [0.15, 0.2) is 0 Å². The molecule has 1 aliphatic rings. The Labute approximate surface area is 130 Å². The first-order valence-electron chi connectivity index (χ1n) is 8.09. The molecule has 3 heteroatoms. The number of nitrogens with one attached hydrogen (secondary N) is 1. The highest BCUT2D eigenvalue weighted by Crippen LogP contribution is 2.40. The molecule has 114 valence electrons. The minimum Gasteiger partial charge on any atom is -0.309 e. The summed E-state index contributed by atoms with van der Waals surface area (Å²) in [6, 6.07) is 7.75. The van der Waals surface area contributed by atoms with Gasteiger partial charge in [-0.25, -0.2) is 4.39 Å². The van der Waals surface area contributed by atoms with Crippen LogP contribution in [0.1, 0.15) is 50.4 Å². The molecule has 1 N–H and O–H groups in total. The Morgan fingerprint density at radius 1 is 1.24 bits per heavy atom. The van der Waals surface area contributed by atoms with Crippen molar-refractivity contribution in [1.29, 1.82) is 0 Å². The molecule has 1 aromatic carbocycles. The molecule has 1 atom stereocenters. The molecule has 2 aromatic rings. The third-order valence-electron chi connectivity index (χ3n) is 4.76. The SMILES string of the molecule is CCNC(c1cc2cc(F)ccc2s1)C1CCC(C)CC1. The Hall–Kier alpha value is -0.930. The van der Waals surface area contributed by atoms with Gasteiger partial charge in [-0.2, -0.15) is 0 Å². The predicted molar refractivity (Wildman–Crippen MR) is 89.3 cm³/mol. The smallest absolute Gasteiger partial charge is 0.123 e. The largest absolute Gasteiger partial charge is 0.309 e. The van der Waals surface area contributed by atoms with E-state index < -0.39 is 0 Å². The summed E-state index contributed by atoms with van der Waals surface area (Å²) in [6.07, 6.45) is 5.29. The molecule has 0 radical (unpaired) electrons. The summed E-state index contributed by atoms with van der Waals surface area (Å²) in [5.41, 5.74) is 0. The van der Waals surface area contributed by atoms with E-state index in [-0.39, 0.29) is 5.82 Å². The molecule has 1 aromatic heterocycles. The van der Waals surface area contributed by atoms with Gasteiger partial charge >= 0.3 is 0 Å². The fourth-order valence-electron chi connectivity index (χ4n) is 3.53. The lowest BCUT2D eigenvalue weighted by atomic mass is 9.79. The topological polar surface area (TPSA) is 12.0 Å². The highest BCUT2D eigenvalue weighted by molar-refractivity contribution is 7.19. The highest BCUT2D eigenvalue weighted by atomic mass is 32.1. The molecule has 0 aliphatic heterocycles. The lowest BCUT2D eigenvalue weighted by Crippen LogP contribution is -2.30. The third kappa shape index (κ3) is 3.29. The molecule has 1 nitrogen and oxygen atoms in total. The van der Waals surface area contributed by atoms with Gasteiger partial charge < -0.3 is 5.32 Å². The van der Waals surface area contributed by atoms with Crippen molar-refractivity contribution in [2.45, 2.75) is 45.6 Å². The zero-order valence-corrected chi connectivity index (χ0v) is 13.7. The van der Waals surface area contributed by atoms with Gasteiger partial charge in [0.25, 0.3) is 0 Å². The first-order valence-corrected chi connectivity index (χ1v) is 8.91. The molecular weight excluding hydrogens is 281 g/mol. The molecule has 0 spiro atoms. The van der Waals surface area contributed by atoms with E-state index >= 15 is 0 Å². The van der Waals surface area contributed by atoms with Gasteiger partial charge in [0.2, 0.25) is 0 Å². The summed E-state index contributed by atoms with van der Waals surface area (Å²) < 4.78 is 14.6. The maximum Gasteiger partial charge on any atom is 0.123 e. The normalized spacial score (nSPS) is 24.3. The quantitative estimate of drug-likeness (QED) is 0.784. The van der Waals surface area contributed by atoms with Gasteiger partial charge in [0.1, 0.15) is 5.82 Å². The fourth-order valence-corrected chi connectivity index (χ4v) is 4.74. The predicted octanol–water partition coefficient (Wildman–Crippen LogP) is 5.52. The first-order chi connectivity index (χ1) is 10.2. The Balaban J connectivity index is 1.87. The van der Waals surface area contributed by atoms with Crippen LogP contribution in [-0.4, -0.2) is 6.54 Å². The number of benzene rings is 1. The van der Waals surface area contributed by atoms with Crippen molar-refractivity contribution in [2.24, 2.45) is 11.8 Å². The summed E-state index contributed by atoms with van der Waals surface area (Å²) in [7, 11) is 0. The zero-order chi connectivity index (χ0) is 14.8. The standard InChI is InChI=1S/C18H24FNS/c1-3-20-18(13-6-4-12(2)5-7-13)17-11-14-10-15(19)8-9-16(14)21-17/h8-13,18,20H,3-7H2,1-2H3. The van der Waals surface area contributed by atoms with Crippen LogP contribution in [0.3, 0.4) is 0 Å². The van der Waals surface area contributed by atoms with Crippen LogP contribution < -0.4 is 5.32 Å². The molecule has 1 fully saturated rings. The molecule has 1 unspecified atom stereocenters. The van der Waals surface area contributed by atoms with E-state index in [1.54, 1.807) is 12.1 Å². The van der Waals surface area contributed by atoms with Crippen LogP contribution in [0, 0.1) is 17.7 Å². The molecule has 0 saturated heterocycles. The second kappa shape index (κ2) is 6.45. The highest BCUT2D eigenvalue weighted by Gasteiger charge is 2.27. The molecule has 21 heavy (non-hydrogen) atoms. The van der Waals surface area contributed by atoms with Crippen molar-refractivity contribution in [3.8, 4) is 0 Å². The second-order valence-electron chi connectivity index (χ2n) is 6.39. The Bertz CT molecular complexity index is 598. The van der Waals surface area contributed by atoms with Crippen LogP contribution in [0.15, 0.2) is 24.3 Å². The van der Waals surface area contributed by atoms with Gasteiger partial charge in [0.05, 0.1) is 0 Å². The van der Waals surface area contributed by atoms with Crippen LogP contribution in [0.25, 0.3) is 10.1 Å². The maximum atomic E-state index is 13.4. The Morgan fingerprint density at radius 2 is 2.00 bits per heavy atom. The van der Waals surface area contributed by atoms with E-state index in [0.29, 0.717) is 6.04 Å². The summed E-state index contributed by atoms with van der Waals surface area (Å²) in [4.78, 5) is 1.37. The lowest BCUT2D eigenvalue weighted by molar-refractivity contribution is 0.235. The van der Waals surface area contributed by atoms with Crippen LogP contribution in [0.4, 0.5) is 4.39 Å². The second-order valence-corrected chi connectivity index (χ2v) is 7.50. The van der Waals surface area contributed by atoms with E-state index in [1.165, 1.54) is 35.3 Å². The fraction of sp³-hybridized carbons (Fsp3) is 0.556. The minimum absolute atomic E-state index is 0.140. The number of hydrogen-bond donors (Lipinski definition) is 1. The summed E-state index contributed by atoms with van der Waals surface area (Å²) in [5.74, 6) is 1.46. The average molecular weight is 305 g/mol. The number of hydrogen-bond acceptors (Lipinski definition) is 2. The lowest BCUT2D eigenvalue weighted by Gasteiger charge is -2.32. The van der Waals surface area contributed by atoms with E-state index in [9.17, 15) is 4.39 Å². The van der Waals surface area contributed by atoms with Crippen molar-refractivity contribution in [1.82, 2.24) is 5.32 Å². The molecule has 1 aliphatic carbocycles. The first kappa shape index (κ1) is 15.0. The van der Waals surface area contributed by atoms with E-state index in [4.69, 9.17) is 0 Å². The Kier molecular flexibility index (Phi) is 4.60. The monoisotopic (exact) mass is 305 g/mol. The summed E-state index contributed by atoms with van der Waals surface area (Å²) >= 11 is 1.82. The molecule has 0 amide bonds. The van der Waals surface area contributed by atoms with Gasteiger partial charge in [-0.05, 0) is 60.9 Å². The number of rotatable bonds is 4. The van der Waals surface area contributed by atoms with E-state index in [2.05, 4.69) is 25.2 Å². The maximum absolute atomic E-state index is 13.4. The van der Waals surface area contributed by atoms with Gasteiger partial charge in [-0.3, -0.25) is 0 Å². The molecular formula is C18H24FNS. The average Bonchev–Trinajstić information content (AvgIpc) is 2.88. The van der Waals surface area contributed by atoms with Gasteiger partial charge in [0, 0.05) is 15.6 Å². The molecule has 1 saturated carbocycles. The third-order valence-corrected chi connectivity index (χ3v) is 5.96. The molecule has 3 rings (SSSR count). The van der Waals surface area contributed by atoms with Crippen molar-refractivity contribution < 1.29 is 4.39 Å². The number of fused-ring (bicyclic) bond motifs is 1. The van der Waals surface area contributed by atoms with Crippen LogP contribution >= 0.6 is 11.3 Å². The molecule has 0 bridgehead atoms. The molecule has 1 heterocycles. The summed E-state index contributed by atoms with van der Waals surface area (Å²) in [6.45, 7) is 5.52. The zero-order valence-electron chi connectivity index (χ0n) is 12.9. The van der Waals surface area contributed by atoms with E-state index in [1.807, 2.05) is 17.4 Å². The van der Waals surface area contributed by atoms with Gasteiger partial charge in [-0.15, -0.1) is 11.3 Å². The van der Waals surface area contributed by atoms with Gasteiger partial charge in [-0.1, -0.05) is 26.7 Å². The number of halogens is 1. The van der Waals surface area contributed by atoms with Crippen molar-refractivity contribution in [3.05, 3.63) is 35.0 Å². The van der Waals surface area contributed by atoms with Crippen LogP contribution in [0.5, 0.6) is 0 Å². The van der Waals surface area contributed by atoms with Crippen molar-refractivity contribution in [2.75, 3.05) is 6.54 Å². The minimum atomic E-state index is -0.140. The van der Waals surface area contributed by atoms with E-state index in [0.717, 1.165) is 23.8 Å². The van der Waals surface area contributed by atoms with Crippen LogP contribution in [0.2, 0.25) is 0 Å². The number of thiophene rings is 1. The van der Waals surface area contributed by atoms with Crippen molar-refractivity contribution in [3.63, 3.8) is 0 Å².